The molecule has 0 saturated carbocycles. The Bertz CT molecular complexity index is 860. The Kier molecular flexibility index (Phi) is 25.0. The van der Waals surface area contributed by atoms with Gasteiger partial charge in [0.1, 0.15) is 0 Å². The van der Waals surface area contributed by atoms with E-state index in [0.29, 0.717) is 0 Å². The molecule has 0 aromatic heterocycles. The first-order valence-electron chi connectivity index (χ1n) is 13.8. The molecule has 3 aromatic rings. The zero-order valence-electron chi connectivity index (χ0n) is 25.4. The van der Waals surface area contributed by atoms with Crippen molar-refractivity contribution in [1.29, 1.82) is 0 Å². The number of allylic oxidation sites excluding steroid dienone is 2. The summed E-state index contributed by atoms with van der Waals surface area (Å²) in [5.41, 5.74) is 6.52. The van der Waals surface area contributed by atoms with Gasteiger partial charge in [-0.2, -0.15) is 0 Å². The maximum atomic E-state index is 4.28. The Balaban J connectivity index is 0. The summed E-state index contributed by atoms with van der Waals surface area (Å²) < 4.78 is 0. The summed E-state index contributed by atoms with van der Waals surface area (Å²) in [6.07, 6.45) is 3.72. The summed E-state index contributed by atoms with van der Waals surface area (Å²) >= 11 is 4.28. The van der Waals surface area contributed by atoms with E-state index in [1.807, 2.05) is 36.4 Å². The van der Waals surface area contributed by atoms with Gasteiger partial charge in [-0.15, -0.1) is 12.6 Å². The van der Waals surface area contributed by atoms with Gasteiger partial charge < -0.3 is 5.32 Å². The van der Waals surface area contributed by atoms with Crippen molar-refractivity contribution in [2.45, 2.75) is 88.5 Å². The lowest BCUT2D eigenvalue weighted by molar-refractivity contribution is 0.576. The van der Waals surface area contributed by atoms with Crippen LogP contribution in [0.25, 0.3) is 0 Å². The zero-order valence-corrected chi connectivity index (χ0v) is 26.3. The third-order valence-corrected chi connectivity index (χ3v) is 5.78. The van der Waals surface area contributed by atoms with Crippen molar-refractivity contribution in [2.75, 3.05) is 6.54 Å². The van der Waals surface area contributed by atoms with Crippen LogP contribution in [0, 0.1) is 33.6 Å². The number of rotatable bonds is 5. The van der Waals surface area contributed by atoms with Crippen molar-refractivity contribution in [1.82, 2.24) is 5.32 Å². The van der Waals surface area contributed by atoms with E-state index in [0.717, 1.165) is 23.8 Å². The van der Waals surface area contributed by atoms with Gasteiger partial charge in [0.25, 0.3) is 0 Å². The quantitative estimate of drug-likeness (QED) is 0.318. The summed E-state index contributed by atoms with van der Waals surface area (Å²) in [5, 5.41) is 3.20. The van der Waals surface area contributed by atoms with E-state index in [9.17, 15) is 0 Å². The molecule has 0 aliphatic heterocycles. The monoisotopic (exact) mass is 521 g/mol. The van der Waals surface area contributed by atoms with Crippen molar-refractivity contribution in [2.24, 2.45) is 5.92 Å². The van der Waals surface area contributed by atoms with Crippen LogP contribution < -0.4 is 5.32 Å². The van der Waals surface area contributed by atoms with Crippen LogP contribution in [0.4, 0.5) is 0 Å². The van der Waals surface area contributed by atoms with Gasteiger partial charge in [-0.05, 0) is 58.8 Å². The molecule has 0 radical (unpaired) electrons. The summed E-state index contributed by atoms with van der Waals surface area (Å²) in [4.78, 5) is 1.15. The smallest absolute Gasteiger partial charge is 0.0169 e. The SMILES string of the molecule is CCCC(C)C.CCN/C(C)=C(\S)CC.Cc1cccc(C)c1.Cc1ccccc1.Cc1ccccc1. The molecule has 0 saturated heterocycles. The zero-order chi connectivity index (χ0) is 28.5. The van der Waals surface area contributed by atoms with Gasteiger partial charge >= 0.3 is 0 Å². The van der Waals surface area contributed by atoms with Gasteiger partial charge in [0, 0.05) is 12.2 Å². The van der Waals surface area contributed by atoms with Crippen LogP contribution in [-0.2, 0) is 0 Å². The topological polar surface area (TPSA) is 12.0 Å². The first-order valence-corrected chi connectivity index (χ1v) is 14.2. The Morgan fingerprint density at radius 2 is 1.08 bits per heavy atom. The van der Waals surface area contributed by atoms with E-state index in [2.05, 4.69) is 136 Å². The Morgan fingerprint density at radius 3 is 1.27 bits per heavy atom. The van der Waals surface area contributed by atoms with Crippen molar-refractivity contribution < 1.29 is 0 Å². The highest BCUT2D eigenvalue weighted by molar-refractivity contribution is 7.84. The van der Waals surface area contributed by atoms with Crippen LogP contribution in [-0.4, -0.2) is 6.54 Å². The van der Waals surface area contributed by atoms with Crippen LogP contribution in [0.1, 0.15) is 83.1 Å². The maximum absolute atomic E-state index is 4.28. The van der Waals surface area contributed by atoms with Crippen LogP contribution in [0.2, 0.25) is 0 Å². The third-order valence-electron chi connectivity index (χ3n) is 5.13. The number of aryl methyl sites for hydroxylation is 4. The Hall–Kier alpha value is -2.45. The first-order chi connectivity index (χ1) is 17.6. The summed E-state index contributed by atoms with van der Waals surface area (Å²) in [5.74, 6) is 0.898. The first kappa shape index (κ1) is 36.7. The molecule has 0 spiro atoms. The van der Waals surface area contributed by atoms with Crippen molar-refractivity contribution >= 4 is 12.6 Å². The molecule has 0 unspecified atom stereocenters. The predicted octanol–water partition coefficient (Wildman–Crippen LogP) is 10.9. The largest absolute Gasteiger partial charge is 0.388 e. The third kappa shape index (κ3) is 26.4. The molecule has 206 valence electrons. The van der Waals surface area contributed by atoms with Gasteiger partial charge in [0.05, 0.1) is 0 Å². The Morgan fingerprint density at radius 1 is 0.676 bits per heavy atom. The minimum absolute atomic E-state index is 0.898. The van der Waals surface area contributed by atoms with Crippen molar-refractivity contribution in [3.05, 3.63) is 118 Å². The average Bonchev–Trinajstić information content (AvgIpc) is 2.86. The molecule has 37 heavy (non-hydrogen) atoms. The van der Waals surface area contributed by atoms with Gasteiger partial charge in [-0.3, -0.25) is 0 Å². The van der Waals surface area contributed by atoms with Crippen LogP contribution in [0.3, 0.4) is 0 Å². The Labute approximate surface area is 236 Å². The molecule has 0 aliphatic rings. The lowest BCUT2D eigenvalue weighted by Gasteiger charge is -2.04. The van der Waals surface area contributed by atoms with Crippen molar-refractivity contribution in [3.63, 3.8) is 0 Å². The standard InChI is InChI=1S/C8H10.C7H15NS.2C7H8.C6H14/c1-7-4-3-5-8(2)6-7;1-4-7(9)6(3)8-5-2;2*1-7-5-3-2-4-6-7;1-4-5-6(2)3/h3-6H,1-2H3;8-9H,4-5H2,1-3H3;2*2-6H,1H3;6H,4-5H2,1-3H3/b;7-6-;;;. The van der Waals surface area contributed by atoms with Gasteiger partial charge in [0.2, 0.25) is 0 Å². The maximum Gasteiger partial charge on any atom is 0.0169 e. The van der Waals surface area contributed by atoms with Crippen molar-refractivity contribution in [3.8, 4) is 0 Å². The van der Waals surface area contributed by atoms with Gasteiger partial charge in [0.15, 0.2) is 0 Å². The summed E-state index contributed by atoms with van der Waals surface area (Å²) in [7, 11) is 0. The summed E-state index contributed by atoms with van der Waals surface area (Å²) in [6, 6.07) is 29.0. The minimum Gasteiger partial charge on any atom is -0.388 e. The molecular formula is C35H55NS. The predicted molar refractivity (Wildman–Crippen MR) is 174 cm³/mol. The van der Waals surface area contributed by atoms with Gasteiger partial charge in [-0.1, -0.05) is 148 Å². The number of hydrogen-bond acceptors (Lipinski definition) is 2. The molecule has 3 aromatic carbocycles. The van der Waals surface area contributed by atoms with E-state index in [-0.39, 0.29) is 0 Å². The molecule has 0 bridgehead atoms. The molecule has 1 N–H and O–H groups in total. The fraction of sp³-hybridized carbons (Fsp3) is 0.429. The fourth-order valence-electron chi connectivity index (χ4n) is 3.09. The lowest BCUT2D eigenvalue weighted by atomic mass is 10.1. The number of hydrogen-bond donors (Lipinski definition) is 2. The molecule has 0 fully saturated rings. The van der Waals surface area contributed by atoms with E-state index < -0.39 is 0 Å². The van der Waals surface area contributed by atoms with Gasteiger partial charge in [-0.25, -0.2) is 0 Å². The molecule has 2 heteroatoms. The second kappa shape index (κ2) is 25.2. The van der Waals surface area contributed by atoms with Crippen LogP contribution in [0.5, 0.6) is 0 Å². The highest BCUT2D eigenvalue weighted by Gasteiger charge is 1.90. The number of thiol groups is 1. The number of benzene rings is 3. The molecule has 0 heterocycles. The van der Waals surface area contributed by atoms with E-state index in [1.54, 1.807) is 0 Å². The fourth-order valence-corrected chi connectivity index (χ4v) is 3.16. The van der Waals surface area contributed by atoms with E-state index >= 15 is 0 Å². The van der Waals surface area contributed by atoms with E-state index in [1.165, 1.54) is 40.8 Å². The molecule has 0 amide bonds. The van der Waals surface area contributed by atoms with Crippen LogP contribution >= 0.6 is 12.6 Å². The minimum atomic E-state index is 0.898. The normalized spacial score (nSPS) is 10.1. The number of nitrogens with one attached hydrogen (secondary N) is 1. The molecular weight excluding hydrogens is 466 g/mol. The highest BCUT2D eigenvalue weighted by Crippen LogP contribution is 2.09. The molecule has 0 atom stereocenters. The second-order valence-electron chi connectivity index (χ2n) is 9.61. The lowest BCUT2D eigenvalue weighted by Crippen LogP contribution is -2.10. The summed E-state index contributed by atoms with van der Waals surface area (Å²) in [6.45, 7) is 22.3. The van der Waals surface area contributed by atoms with Crippen LogP contribution in [0.15, 0.2) is 95.5 Å². The molecule has 1 nitrogen and oxygen atoms in total. The average molecular weight is 522 g/mol. The second-order valence-corrected chi connectivity index (χ2v) is 10.1. The highest BCUT2D eigenvalue weighted by atomic mass is 32.1. The molecule has 3 rings (SSSR count). The molecule has 0 aliphatic carbocycles. The van der Waals surface area contributed by atoms with E-state index in [4.69, 9.17) is 0 Å².